The van der Waals surface area contributed by atoms with E-state index in [2.05, 4.69) is 5.32 Å². The molecule has 0 aliphatic carbocycles. The summed E-state index contributed by atoms with van der Waals surface area (Å²) in [5, 5.41) is 4.04. The zero-order valence-corrected chi connectivity index (χ0v) is 12.9. The number of nitrogens with one attached hydrogen (secondary N) is 1. The lowest BCUT2D eigenvalue weighted by molar-refractivity contribution is -0.118. The number of benzene rings is 1. The van der Waals surface area contributed by atoms with Gasteiger partial charge in [0.05, 0.1) is 0 Å². The van der Waals surface area contributed by atoms with Crippen molar-refractivity contribution in [1.29, 1.82) is 0 Å². The lowest BCUT2D eigenvalue weighted by Crippen LogP contribution is -2.33. The Balaban J connectivity index is 0.00000180. The molecule has 5 heteroatoms. The van der Waals surface area contributed by atoms with Crippen molar-refractivity contribution in [2.45, 2.75) is 32.2 Å². The van der Waals surface area contributed by atoms with Gasteiger partial charge in [-0.05, 0) is 44.0 Å². The number of halogens is 2. The van der Waals surface area contributed by atoms with Gasteiger partial charge in [-0.25, -0.2) is 0 Å². The summed E-state index contributed by atoms with van der Waals surface area (Å²) in [5.41, 5.74) is 1.88. The number of carbonyl (C=O) groups is 1. The molecular formula is C14H20Cl2N2O. The molecule has 0 spiro atoms. The van der Waals surface area contributed by atoms with E-state index in [-0.39, 0.29) is 18.3 Å². The number of carbonyl (C=O) groups excluding carboxylic acids is 1. The van der Waals surface area contributed by atoms with Gasteiger partial charge in [-0.1, -0.05) is 17.7 Å². The van der Waals surface area contributed by atoms with Crippen LogP contribution in [0.4, 0.5) is 5.69 Å². The first kappa shape index (κ1) is 16.3. The third kappa shape index (κ3) is 4.10. The second-order valence-corrected chi connectivity index (χ2v) is 5.29. The molecule has 1 amide bonds. The van der Waals surface area contributed by atoms with E-state index < -0.39 is 0 Å². The largest absolute Gasteiger partial charge is 0.315 e. The van der Waals surface area contributed by atoms with Crippen LogP contribution in [0.15, 0.2) is 18.2 Å². The second-order valence-electron chi connectivity index (χ2n) is 4.88. The zero-order chi connectivity index (χ0) is 13.1. The molecule has 19 heavy (non-hydrogen) atoms. The topological polar surface area (TPSA) is 32.3 Å². The van der Waals surface area contributed by atoms with Crippen molar-refractivity contribution in [2.75, 3.05) is 18.5 Å². The SMILES string of the molecule is Cc1ccc(N(C)C(=O)CC2CCCN2)cc1Cl.Cl. The van der Waals surface area contributed by atoms with E-state index in [4.69, 9.17) is 11.6 Å². The first-order valence-corrected chi connectivity index (χ1v) is 6.72. The summed E-state index contributed by atoms with van der Waals surface area (Å²) in [4.78, 5) is 13.8. The predicted molar refractivity (Wildman–Crippen MR) is 82.5 cm³/mol. The molecule has 1 fully saturated rings. The minimum absolute atomic E-state index is 0. The van der Waals surface area contributed by atoms with E-state index in [1.54, 1.807) is 11.9 Å². The van der Waals surface area contributed by atoms with Gasteiger partial charge < -0.3 is 10.2 Å². The molecule has 1 saturated heterocycles. The third-order valence-corrected chi connectivity index (χ3v) is 3.91. The van der Waals surface area contributed by atoms with Crippen molar-refractivity contribution >= 4 is 35.6 Å². The summed E-state index contributed by atoms with van der Waals surface area (Å²) in [7, 11) is 1.80. The van der Waals surface area contributed by atoms with Crippen molar-refractivity contribution in [3.63, 3.8) is 0 Å². The minimum atomic E-state index is 0. The van der Waals surface area contributed by atoms with Crippen LogP contribution in [0.25, 0.3) is 0 Å². The maximum absolute atomic E-state index is 12.1. The van der Waals surface area contributed by atoms with Crippen LogP contribution in [0.1, 0.15) is 24.8 Å². The van der Waals surface area contributed by atoms with Crippen LogP contribution < -0.4 is 10.2 Å². The average molecular weight is 303 g/mol. The number of amides is 1. The Bertz CT molecular complexity index is 445. The molecule has 1 aliphatic rings. The normalized spacial score (nSPS) is 17.9. The summed E-state index contributed by atoms with van der Waals surface area (Å²) >= 11 is 6.08. The average Bonchev–Trinajstić information content (AvgIpc) is 2.84. The van der Waals surface area contributed by atoms with Crippen molar-refractivity contribution in [1.82, 2.24) is 5.32 Å². The monoisotopic (exact) mass is 302 g/mol. The fourth-order valence-electron chi connectivity index (χ4n) is 2.21. The number of hydrogen-bond acceptors (Lipinski definition) is 2. The minimum Gasteiger partial charge on any atom is -0.315 e. The lowest BCUT2D eigenvalue weighted by atomic mass is 10.1. The summed E-state index contributed by atoms with van der Waals surface area (Å²) in [5.74, 6) is 0.134. The smallest absolute Gasteiger partial charge is 0.228 e. The van der Waals surface area contributed by atoms with E-state index in [0.29, 0.717) is 17.5 Å². The Labute approximate surface area is 125 Å². The maximum atomic E-state index is 12.1. The van der Waals surface area contributed by atoms with E-state index in [1.807, 2.05) is 25.1 Å². The van der Waals surface area contributed by atoms with Crippen LogP contribution in [0.3, 0.4) is 0 Å². The zero-order valence-electron chi connectivity index (χ0n) is 11.3. The maximum Gasteiger partial charge on any atom is 0.228 e. The summed E-state index contributed by atoms with van der Waals surface area (Å²) in [6, 6.07) is 6.05. The van der Waals surface area contributed by atoms with Gasteiger partial charge in [0, 0.05) is 30.2 Å². The van der Waals surface area contributed by atoms with Crippen molar-refractivity contribution in [2.24, 2.45) is 0 Å². The first-order chi connectivity index (χ1) is 8.58. The van der Waals surface area contributed by atoms with Gasteiger partial charge in [-0.2, -0.15) is 0 Å². The van der Waals surface area contributed by atoms with Crippen molar-refractivity contribution < 1.29 is 4.79 Å². The van der Waals surface area contributed by atoms with Gasteiger partial charge in [0.1, 0.15) is 0 Å². The molecule has 3 nitrogen and oxygen atoms in total. The Hall–Kier alpha value is -0.770. The molecule has 0 aromatic heterocycles. The summed E-state index contributed by atoms with van der Waals surface area (Å²) in [6.45, 7) is 2.98. The third-order valence-electron chi connectivity index (χ3n) is 3.50. The highest BCUT2D eigenvalue weighted by atomic mass is 35.5. The number of rotatable bonds is 3. The molecule has 1 unspecified atom stereocenters. The molecule has 1 aromatic rings. The molecule has 1 atom stereocenters. The Kier molecular flexibility index (Phi) is 6.11. The summed E-state index contributed by atoms with van der Waals surface area (Å²) in [6.07, 6.45) is 2.81. The van der Waals surface area contributed by atoms with Crippen LogP contribution in [0.2, 0.25) is 5.02 Å². The van der Waals surface area contributed by atoms with Crippen molar-refractivity contribution in [3.8, 4) is 0 Å². The van der Waals surface area contributed by atoms with Gasteiger partial charge in [0.25, 0.3) is 0 Å². The van der Waals surface area contributed by atoms with E-state index in [1.165, 1.54) is 0 Å². The molecule has 0 bridgehead atoms. The highest BCUT2D eigenvalue weighted by molar-refractivity contribution is 6.31. The quantitative estimate of drug-likeness (QED) is 0.930. The van der Waals surface area contributed by atoms with E-state index in [0.717, 1.165) is 30.6 Å². The van der Waals surface area contributed by atoms with Gasteiger partial charge in [0.15, 0.2) is 0 Å². The predicted octanol–water partition coefficient (Wildman–Crippen LogP) is 3.18. The van der Waals surface area contributed by atoms with Gasteiger partial charge in [-0.15, -0.1) is 12.4 Å². The molecule has 1 N–H and O–H groups in total. The molecule has 2 rings (SSSR count). The highest BCUT2D eigenvalue weighted by Gasteiger charge is 2.20. The van der Waals surface area contributed by atoms with Crippen LogP contribution >= 0.6 is 24.0 Å². The number of anilines is 1. The summed E-state index contributed by atoms with van der Waals surface area (Å²) < 4.78 is 0. The molecular weight excluding hydrogens is 283 g/mol. The second kappa shape index (κ2) is 7.13. The van der Waals surface area contributed by atoms with Gasteiger partial charge in [-0.3, -0.25) is 4.79 Å². The Morgan fingerprint density at radius 1 is 1.53 bits per heavy atom. The fourth-order valence-corrected chi connectivity index (χ4v) is 2.39. The molecule has 1 aromatic carbocycles. The van der Waals surface area contributed by atoms with Crippen LogP contribution in [0.5, 0.6) is 0 Å². The molecule has 106 valence electrons. The number of hydrogen-bond donors (Lipinski definition) is 1. The number of nitrogens with zero attached hydrogens (tertiary/aromatic N) is 1. The Morgan fingerprint density at radius 2 is 2.26 bits per heavy atom. The molecule has 0 radical (unpaired) electrons. The van der Waals surface area contributed by atoms with E-state index in [9.17, 15) is 4.79 Å². The standard InChI is InChI=1S/C14H19ClN2O.ClH/c1-10-5-6-12(9-13(10)15)17(2)14(18)8-11-4-3-7-16-11;/h5-6,9,11,16H,3-4,7-8H2,1-2H3;1H. The van der Waals surface area contributed by atoms with Crippen molar-refractivity contribution in [3.05, 3.63) is 28.8 Å². The van der Waals surface area contributed by atoms with Gasteiger partial charge in [0.2, 0.25) is 5.91 Å². The van der Waals surface area contributed by atoms with E-state index >= 15 is 0 Å². The first-order valence-electron chi connectivity index (χ1n) is 6.34. The molecule has 1 aliphatic heterocycles. The lowest BCUT2D eigenvalue weighted by Gasteiger charge is -2.20. The van der Waals surface area contributed by atoms with Crippen LogP contribution in [-0.4, -0.2) is 25.5 Å². The van der Waals surface area contributed by atoms with Crippen LogP contribution in [-0.2, 0) is 4.79 Å². The Morgan fingerprint density at radius 3 is 2.84 bits per heavy atom. The fraction of sp³-hybridized carbons (Fsp3) is 0.500. The molecule has 0 saturated carbocycles. The van der Waals surface area contributed by atoms with Crippen LogP contribution in [0, 0.1) is 6.92 Å². The van der Waals surface area contributed by atoms with Gasteiger partial charge >= 0.3 is 0 Å². The highest BCUT2D eigenvalue weighted by Crippen LogP contribution is 2.23. The molecule has 1 heterocycles. The number of aryl methyl sites for hydroxylation is 1.